The molecule has 4 nitrogen and oxygen atoms in total. The summed E-state index contributed by atoms with van der Waals surface area (Å²) in [5, 5.41) is 0. The van der Waals surface area contributed by atoms with Crippen molar-refractivity contribution in [2.45, 2.75) is 44.7 Å². The standard InChI is InChI=1S/C6H6F6O2.C5H7F3O2/c7-5(8,9)1-2-14-4(13)3-6(10,11)12;1-2-10-4(9)3-5(6,7)8/h1-3H2;2-3H2,1H3. The van der Waals surface area contributed by atoms with Crippen LogP contribution < -0.4 is 0 Å². The third-order valence-corrected chi connectivity index (χ3v) is 1.64. The molecular formula is C11H13F9O4. The lowest BCUT2D eigenvalue weighted by Gasteiger charge is -2.08. The Morgan fingerprint density at radius 1 is 0.708 bits per heavy atom. The van der Waals surface area contributed by atoms with Gasteiger partial charge in [0, 0.05) is 0 Å². The molecule has 0 fully saturated rings. The van der Waals surface area contributed by atoms with Crippen molar-refractivity contribution in [3.8, 4) is 0 Å². The fourth-order valence-corrected chi connectivity index (χ4v) is 0.871. The largest absolute Gasteiger partial charge is 0.466 e. The lowest BCUT2D eigenvalue weighted by atomic mass is 10.4. The number of carbonyl (C=O) groups is 2. The second-order valence-electron chi connectivity index (χ2n) is 3.97. The van der Waals surface area contributed by atoms with Crippen LogP contribution in [0.4, 0.5) is 39.5 Å². The summed E-state index contributed by atoms with van der Waals surface area (Å²) in [4.78, 5) is 20.4. The molecular weight excluding hydrogens is 367 g/mol. The minimum Gasteiger partial charge on any atom is -0.466 e. The van der Waals surface area contributed by atoms with E-state index in [1.54, 1.807) is 0 Å². The quantitative estimate of drug-likeness (QED) is 0.536. The lowest BCUT2D eigenvalue weighted by Crippen LogP contribution is -2.19. The van der Waals surface area contributed by atoms with E-state index >= 15 is 0 Å². The van der Waals surface area contributed by atoms with Crippen LogP contribution in [-0.4, -0.2) is 43.7 Å². The molecule has 24 heavy (non-hydrogen) atoms. The number of esters is 2. The van der Waals surface area contributed by atoms with Crippen LogP contribution in [0.2, 0.25) is 0 Å². The Kier molecular flexibility index (Phi) is 10.5. The Labute approximate surface area is 129 Å². The van der Waals surface area contributed by atoms with Gasteiger partial charge in [0.05, 0.1) is 19.6 Å². The monoisotopic (exact) mass is 380 g/mol. The topological polar surface area (TPSA) is 52.6 Å². The van der Waals surface area contributed by atoms with Gasteiger partial charge < -0.3 is 9.47 Å². The summed E-state index contributed by atoms with van der Waals surface area (Å²) in [6, 6.07) is 0. The van der Waals surface area contributed by atoms with Gasteiger partial charge in [0.15, 0.2) is 0 Å². The highest BCUT2D eigenvalue weighted by atomic mass is 19.4. The average molecular weight is 380 g/mol. The van der Waals surface area contributed by atoms with Gasteiger partial charge in [-0.05, 0) is 6.92 Å². The molecule has 0 bridgehead atoms. The molecule has 0 radical (unpaired) electrons. The number of halogens is 9. The van der Waals surface area contributed by atoms with Gasteiger partial charge in [-0.25, -0.2) is 0 Å². The third-order valence-electron chi connectivity index (χ3n) is 1.64. The summed E-state index contributed by atoms with van der Waals surface area (Å²) in [5.41, 5.74) is 0. The number of alkyl halides is 9. The van der Waals surface area contributed by atoms with E-state index in [0.717, 1.165) is 0 Å². The van der Waals surface area contributed by atoms with E-state index in [2.05, 4.69) is 9.47 Å². The van der Waals surface area contributed by atoms with E-state index < -0.39 is 56.3 Å². The van der Waals surface area contributed by atoms with Crippen molar-refractivity contribution in [2.75, 3.05) is 13.2 Å². The number of hydrogen-bond donors (Lipinski definition) is 0. The maximum atomic E-state index is 11.4. The van der Waals surface area contributed by atoms with Crippen molar-refractivity contribution in [3.63, 3.8) is 0 Å². The normalized spacial score (nSPS) is 12.1. The van der Waals surface area contributed by atoms with Crippen LogP contribution in [0, 0.1) is 0 Å². The molecule has 0 N–H and O–H groups in total. The van der Waals surface area contributed by atoms with E-state index in [-0.39, 0.29) is 6.61 Å². The Hall–Kier alpha value is -1.69. The van der Waals surface area contributed by atoms with Gasteiger partial charge >= 0.3 is 30.5 Å². The van der Waals surface area contributed by atoms with Gasteiger partial charge in [-0.2, -0.15) is 39.5 Å². The van der Waals surface area contributed by atoms with Crippen molar-refractivity contribution in [2.24, 2.45) is 0 Å². The third kappa shape index (κ3) is 22.6. The Morgan fingerprint density at radius 2 is 1.08 bits per heavy atom. The van der Waals surface area contributed by atoms with Crippen molar-refractivity contribution >= 4 is 11.9 Å². The number of carbonyl (C=O) groups excluding carboxylic acids is 2. The zero-order valence-electron chi connectivity index (χ0n) is 12.1. The summed E-state index contributed by atoms with van der Waals surface area (Å²) < 4.78 is 110. The average Bonchev–Trinajstić information content (AvgIpc) is 2.22. The Morgan fingerprint density at radius 3 is 1.38 bits per heavy atom. The predicted molar refractivity (Wildman–Crippen MR) is 59.6 cm³/mol. The zero-order chi connectivity index (χ0) is 19.6. The summed E-state index contributed by atoms with van der Waals surface area (Å²) in [5.74, 6) is -2.93. The van der Waals surface area contributed by atoms with E-state index in [0.29, 0.717) is 0 Å². The molecule has 0 rings (SSSR count). The van der Waals surface area contributed by atoms with Gasteiger partial charge in [0.1, 0.15) is 12.8 Å². The molecule has 0 aliphatic carbocycles. The van der Waals surface area contributed by atoms with Crippen molar-refractivity contribution in [1.82, 2.24) is 0 Å². The summed E-state index contributed by atoms with van der Waals surface area (Å²) in [7, 11) is 0. The Bertz CT molecular complexity index is 384. The minimum atomic E-state index is -4.75. The molecule has 0 heterocycles. The fraction of sp³-hybridized carbons (Fsp3) is 0.818. The molecule has 0 amide bonds. The van der Waals surface area contributed by atoms with Gasteiger partial charge in [-0.15, -0.1) is 0 Å². The number of ether oxygens (including phenoxy) is 2. The van der Waals surface area contributed by atoms with Crippen LogP contribution in [0.1, 0.15) is 26.2 Å². The second-order valence-corrected chi connectivity index (χ2v) is 3.97. The zero-order valence-corrected chi connectivity index (χ0v) is 12.1. The molecule has 0 aliphatic heterocycles. The highest BCUT2D eigenvalue weighted by Crippen LogP contribution is 2.22. The van der Waals surface area contributed by atoms with Crippen LogP contribution in [0.15, 0.2) is 0 Å². The minimum absolute atomic E-state index is 0.0189. The maximum Gasteiger partial charge on any atom is 0.399 e. The van der Waals surface area contributed by atoms with Gasteiger partial charge in [0.2, 0.25) is 0 Å². The summed E-state index contributed by atoms with van der Waals surface area (Å²) in [6.45, 7) is 0.349. The molecule has 144 valence electrons. The molecule has 0 unspecified atom stereocenters. The highest BCUT2D eigenvalue weighted by molar-refractivity contribution is 5.70. The van der Waals surface area contributed by atoms with E-state index in [4.69, 9.17) is 0 Å². The molecule has 0 spiro atoms. The summed E-state index contributed by atoms with van der Waals surface area (Å²) >= 11 is 0. The fourth-order valence-electron chi connectivity index (χ4n) is 0.871. The van der Waals surface area contributed by atoms with Crippen LogP contribution in [0.5, 0.6) is 0 Å². The molecule has 0 saturated carbocycles. The van der Waals surface area contributed by atoms with Gasteiger partial charge in [0.25, 0.3) is 0 Å². The highest BCUT2D eigenvalue weighted by Gasteiger charge is 2.33. The molecule has 0 aromatic carbocycles. The second kappa shape index (κ2) is 10.2. The first-order chi connectivity index (χ1) is 10.6. The lowest BCUT2D eigenvalue weighted by molar-refractivity contribution is -0.177. The first-order valence-electron chi connectivity index (χ1n) is 6.07. The molecule has 0 aromatic rings. The van der Waals surface area contributed by atoms with E-state index in [1.807, 2.05) is 0 Å². The Balaban J connectivity index is 0. The van der Waals surface area contributed by atoms with Crippen molar-refractivity contribution in [1.29, 1.82) is 0 Å². The SMILES string of the molecule is CCOC(=O)CC(F)(F)F.O=C(CC(F)(F)F)OCCC(F)(F)F. The molecule has 13 heteroatoms. The molecule has 0 aromatic heterocycles. The van der Waals surface area contributed by atoms with Crippen molar-refractivity contribution in [3.05, 3.63) is 0 Å². The molecule has 0 atom stereocenters. The van der Waals surface area contributed by atoms with Crippen LogP contribution in [0.3, 0.4) is 0 Å². The van der Waals surface area contributed by atoms with Gasteiger partial charge in [-0.3, -0.25) is 9.59 Å². The first kappa shape index (κ1) is 24.6. The van der Waals surface area contributed by atoms with E-state index in [1.165, 1.54) is 6.92 Å². The van der Waals surface area contributed by atoms with E-state index in [9.17, 15) is 49.1 Å². The predicted octanol–water partition coefficient (Wildman–Crippen LogP) is 3.94. The van der Waals surface area contributed by atoms with Crippen LogP contribution in [-0.2, 0) is 19.1 Å². The maximum absolute atomic E-state index is 11.4. The van der Waals surface area contributed by atoms with Crippen LogP contribution in [0.25, 0.3) is 0 Å². The summed E-state index contributed by atoms with van der Waals surface area (Å²) in [6.07, 6.45) is -18.6. The smallest absolute Gasteiger partial charge is 0.399 e. The first-order valence-corrected chi connectivity index (χ1v) is 6.07. The number of rotatable bonds is 5. The van der Waals surface area contributed by atoms with Crippen LogP contribution >= 0.6 is 0 Å². The van der Waals surface area contributed by atoms with Gasteiger partial charge in [-0.1, -0.05) is 0 Å². The molecule has 0 aliphatic rings. The molecule has 0 saturated heterocycles. The van der Waals surface area contributed by atoms with Crippen molar-refractivity contribution < 1.29 is 58.6 Å². The number of hydrogen-bond acceptors (Lipinski definition) is 4.